The lowest BCUT2D eigenvalue weighted by Crippen LogP contribution is -2.01. The van der Waals surface area contributed by atoms with Crippen molar-refractivity contribution >= 4 is 5.97 Å². The van der Waals surface area contributed by atoms with Crippen molar-refractivity contribution in [2.45, 2.75) is 52.0 Å². The summed E-state index contributed by atoms with van der Waals surface area (Å²) in [4.78, 5) is 14.7. The van der Waals surface area contributed by atoms with Crippen LogP contribution in [0.5, 0.6) is 0 Å². The van der Waals surface area contributed by atoms with E-state index in [9.17, 15) is 4.79 Å². The molecule has 0 bridgehead atoms. The van der Waals surface area contributed by atoms with E-state index in [0.29, 0.717) is 31.1 Å². The number of carboxylic acids is 1. The molecule has 0 aliphatic carbocycles. The van der Waals surface area contributed by atoms with E-state index in [2.05, 4.69) is 20.5 Å². The molecular formula is C13H19N5O3. The quantitative estimate of drug-likeness (QED) is 0.737. The van der Waals surface area contributed by atoms with Crippen LogP contribution >= 0.6 is 0 Å². The van der Waals surface area contributed by atoms with Crippen LogP contribution in [0, 0.1) is 0 Å². The fourth-order valence-electron chi connectivity index (χ4n) is 1.82. The fourth-order valence-corrected chi connectivity index (χ4v) is 1.82. The molecular weight excluding hydrogens is 274 g/mol. The lowest BCUT2D eigenvalue weighted by atomic mass is 10.1. The van der Waals surface area contributed by atoms with Gasteiger partial charge in [0.25, 0.3) is 0 Å². The number of aryl methyl sites for hydroxylation is 1. The van der Waals surface area contributed by atoms with Gasteiger partial charge in [0, 0.05) is 18.5 Å². The third kappa shape index (κ3) is 4.66. The Labute approximate surface area is 122 Å². The minimum Gasteiger partial charge on any atom is -0.481 e. The molecule has 0 aliphatic rings. The van der Waals surface area contributed by atoms with Crippen molar-refractivity contribution in [2.75, 3.05) is 0 Å². The Hall–Kier alpha value is -2.25. The topological polar surface area (TPSA) is 107 Å². The Morgan fingerprint density at radius 1 is 1.43 bits per heavy atom. The number of hydrogen-bond acceptors (Lipinski definition) is 6. The maximum absolute atomic E-state index is 10.4. The summed E-state index contributed by atoms with van der Waals surface area (Å²) in [5, 5.41) is 20.5. The van der Waals surface area contributed by atoms with Crippen LogP contribution in [-0.2, 0) is 17.8 Å². The second-order valence-corrected chi connectivity index (χ2v) is 5.21. The van der Waals surface area contributed by atoms with Gasteiger partial charge in [0.2, 0.25) is 5.89 Å². The molecule has 0 aromatic carbocycles. The molecule has 1 N–H and O–H groups in total. The number of hydrogen-bond donors (Lipinski definition) is 1. The molecule has 0 radical (unpaired) electrons. The van der Waals surface area contributed by atoms with Gasteiger partial charge < -0.3 is 9.63 Å². The van der Waals surface area contributed by atoms with Crippen LogP contribution in [0.25, 0.3) is 0 Å². The van der Waals surface area contributed by atoms with Gasteiger partial charge in [0.05, 0.1) is 5.69 Å². The van der Waals surface area contributed by atoms with Gasteiger partial charge in [-0.1, -0.05) is 24.2 Å². The third-order valence-electron chi connectivity index (χ3n) is 2.96. The monoisotopic (exact) mass is 293 g/mol. The molecule has 2 heterocycles. The molecule has 0 spiro atoms. The molecule has 8 nitrogen and oxygen atoms in total. The number of carbonyl (C=O) groups is 1. The number of aromatic nitrogens is 5. The zero-order chi connectivity index (χ0) is 15.2. The van der Waals surface area contributed by atoms with Crippen LogP contribution in [0.2, 0.25) is 0 Å². The molecule has 2 rings (SSSR count). The molecule has 21 heavy (non-hydrogen) atoms. The Balaban J connectivity index is 1.83. The van der Waals surface area contributed by atoms with Gasteiger partial charge in [0.15, 0.2) is 5.82 Å². The molecule has 114 valence electrons. The smallest absolute Gasteiger partial charge is 0.303 e. The Morgan fingerprint density at radius 3 is 2.90 bits per heavy atom. The Morgan fingerprint density at radius 2 is 2.24 bits per heavy atom. The maximum atomic E-state index is 10.4. The van der Waals surface area contributed by atoms with Gasteiger partial charge in [-0.15, -0.1) is 5.10 Å². The summed E-state index contributed by atoms with van der Waals surface area (Å²) in [6.45, 7) is 4.39. The molecule has 0 unspecified atom stereocenters. The largest absolute Gasteiger partial charge is 0.481 e. The average molecular weight is 293 g/mol. The second kappa shape index (κ2) is 6.96. The molecule has 2 aromatic heterocycles. The minimum absolute atomic E-state index is 0.189. The summed E-state index contributed by atoms with van der Waals surface area (Å²) < 4.78 is 6.79. The average Bonchev–Trinajstić information content (AvgIpc) is 3.04. The van der Waals surface area contributed by atoms with Crippen LogP contribution in [0.3, 0.4) is 0 Å². The van der Waals surface area contributed by atoms with Crippen LogP contribution in [0.15, 0.2) is 10.7 Å². The minimum atomic E-state index is -0.768. The summed E-state index contributed by atoms with van der Waals surface area (Å²) in [5.74, 6) is 0.638. The van der Waals surface area contributed by atoms with E-state index in [1.165, 1.54) is 0 Å². The van der Waals surface area contributed by atoms with Crippen molar-refractivity contribution < 1.29 is 14.4 Å². The van der Waals surface area contributed by atoms with E-state index in [1.54, 1.807) is 4.68 Å². The van der Waals surface area contributed by atoms with E-state index in [4.69, 9.17) is 9.63 Å². The normalized spacial score (nSPS) is 11.2. The molecule has 0 amide bonds. The molecule has 8 heteroatoms. The van der Waals surface area contributed by atoms with Crippen molar-refractivity contribution in [1.82, 2.24) is 25.1 Å². The standard InChI is InChI=1S/C13H19N5O3/c1-9(2)13-14-11(21-16-13)8-18-7-10(15-17-18)5-3-4-6-12(19)20/h7,9H,3-6,8H2,1-2H3,(H,19,20). The van der Waals surface area contributed by atoms with Gasteiger partial charge in [-0.25, -0.2) is 4.68 Å². The summed E-state index contributed by atoms with van der Waals surface area (Å²) in [5.41, 5.74) is 0.837. The summed E-state index contributed by atoms with van der Waals surface area (Å²) in [7, 11) is 0. The molecule has 0 saturated carbocycles. The zero-order valence-electron chi connectivity index (χ0n) is 12.2. The van der Waals surface area contributed by atoms with Gasteiger partial charge in [-0.3, -0.25) is 4.79 Å². The molecule has 0 atom stereocenters. The lowest BCUT2D eigenvalue weighted by molar-refractivity contribution is -0.137. The Bertz CT molecular complexity index is 590. The van der Waals surface area contributed by atoms with E-state index >= 15 is 0 Å². The highest BCUT2D eigenvalue weighted by atomic mass is 16.5. The maximum Gasteiger partial charge on any atom is 0.303 e. The van der Waals surface area contributed by atoms with E-state index in [1.807, 2.05) is 20.0 Å². The van der Waals surface area contributed by atoms with Crippen LogP contribution in [-0.4, -0.2) is 36.2 Å². The van der Waals surface area contributed by atoms with E-state index in [0.717, 1.165) is 12.1 Å². The van der Waals surface area contributed by atoms with Crippen molar-refractivity contribution in [3.8, 4) is 0 Å². The summed E-state index contributed by atoms with van der Waals surface area (Å²) >= 11 is 0. The van der Waals surface area contributed by atoms with E-state index < -0.39 is 5.97 Å². The van der Waals surface area contributed by atoms with Gasteiger partial charge in [-0.05, 0) is 19.3 Å². The molecule has 0 fully saturated rings. The third-order valence-corrected chi connectivity index (χ3v) is 2.96. The SMILES string of the molecule is CC(C)c1noc(Cn2cc(CCCCC(=O)O)nn2)n1. The van der Waals surface area contributed by atoms with E-state index in [-0.39, 0.29) is 12.3 Å². The Kier molecular flexibility index (Phi) is 5.02. The molecule has 2 aromatic rings. The number of rotatable bonds is 8. The van der Waals surface area contributed by atoms with Gasteiger partial charge in [0.1, 0.15) is 6.54 Å². The predicted molar refractivity (Wildman–Crippen MR) is 72.7 cm³/mol. The first-order valence-electron chi connectivity index (χ1n) is 6.98. The summed E-state index contributed by atoms with van der Waals surface area (Å²) in [6.07, 6.45) is 4.15. The van der Waals surface area contributed by atoms with Crippen LogP contribution < -0.4 is 0 Å². The first kappa shape index (κ1) is 15.1. The van der Waals surface area contributed by atoms with Crippen LogP contribution in [0.1, 0.15) is 56.4 Å². The highest BCUT2D eigenvalue weighted by Crippen LogP contribution is 2.10. The number of nitrogens with zero attached hydrogens (tertiary/aromatic N) is 5. The zero-order valence-corrected chi connectivity index (χ0v) is 12.2. The van der Waals surface area contributed by atoms with Crippen molar-refractivity contribution in [3.63, 3.8) is 0 Å². The number of unbranched alkanes of at least 4 members (excludes halogenated alkanes) is 1. The summed E-state index contributed by atoms with van der Waals surface area (Å²) in [6, 6.07) is 0. The van der Waals surface area contributed by atoms with Crippen molar-refractivity contribution in [2.24, 2.45) is 0 Å². The van der Waals surface area contributed by atoms with Crippen molar-refractivity contribution in [3.05, 3.63) is 23.6 Å². The number of carboxylic acid groups (broad SMARTS) is 1. The fraction of sp³-hybridized carbons (Fsp3) is 0.615. The first-order chi connectivity index (χ1) is 10.0. The molecule has 0 saturated heterocycles. The lowest BCUT2D eigenvalue weighted by Gasteiger charge is -1.95. The first-order valence-corrected chi connectivity index (χ1v) is 6.98. The van der Waals surface area contributed by atoms with Crippen LogP contribution in [0.4, 0.5) is 0 Å². The highest BCUT2D eigenvalue weighted by molar-refractivity contribution is 5.66. The van der Waals surface area contributed by atoms with Gasteiger partial charge in [-0.2, -0.15) is 4.98 Å². The second-order valence-electron chi connectivity index (χ2n) is 5.21. The number of aliphatic carboxylic acids is 1. The highest BCUT2D eigenvalue weighted by Gasteiger charge is 2.11. The van der Waals surface area contributed by atoms with Crippen molar-refractivity contribution in [1.29, 1.82) is 0 Å². The predicted octanol–water partition coefficient (Wildman–Crippen LogP) is 1.63. The molecule has 0 aliphatic heterocycles. The van der Waals surface area contributed by atoms with Gasteiger partial charge >= 0.3 is 5.97 Å².